The van der Waals surface area contributed by atoms with Gasteiger partial charge in [0.2, 0.25) is 0 Å². The number of esters is 2. The fourth-order valence-electron chi connectivity index (χ4n) is 6.65. The number of hydrogen-bond acceptors (Lipinski definition) is 8. The molecule has 44 heavy (non-hydrogen) atoms. The lowest BCUT2D eigenvalue weighted by Crippen LogP contribution is -2.33. The monoisotopic (exact) mass is 592 g/mol. The second kappa shape index (κ2) is 12.5. The molecule has 10 heteroatoms. The van der Waals surface area contributed by atoms with Gasteiger partial charge in [-0.2, -0.15) is 10.5 Å². The van der Waals surface area contributed by atoms with Crippen molar-refractivity contribution in [2.75, 3.05) is 39.3 Å². The van der Waals surface area contributed by atoms with Crippen LogP contribution in [0, 0.1) is 22.7 Å². The number of hydrogen-bond donors (Lipinski definition) is 2. The number of fused-ring (bicyclic) bond motifs is 2. The maximum Gasteiger partial charge on any atom is 0.423 e. The van der Waals surface area contributed by atoms with Gasteiger partial charge in [-0.25, -0.2) is 9.59 Å². The number of ether oxygens (including phenoxy) is 2. The molecular weight excluding hydrogens is 556 g/mol. The molecule has 0 saturated carbocycles. The lowest BCUT2D eigenvalue weighted by Gasteiger charge is -2.31. The maximum atomic E-state index is 13.4. The largest absolute Gasteiger partial charge is 0.423 e. The number of likely N-dealkylation sites (tertiary alicyclic amines) is 2. The van der Waals surface area contributed by atoms with Crippen molar-refractivity contribution in [3.63, 3.8) is 0 Å². The summed E-state index contributed by atoms with van der Waals surface area (Å²) in [5.41, 5.74) is 3.82. The van der Waals surface area contributed by atoms with E-state index in [4.69, 9.17) is 9.47 Å². The highest BCUT2D eigenvalue weighted by atomic mass is 16.6. The van der Waals surface area contributed by atoms with Crippen molar-refractivity contribution in [3.05, 3.63) is 58.9 Å². The van der Waals surface area contributed by atoms with E-state index in [0.29, 0.717) is 21.9 Å². The first kappa shape index (κ1) is 29.4. The number of piperidine rings is 2. The molecule has 2 saturated heterocycles. The summed E-state index contributed by atoms with van der Waals surface area (Å²) >= 11 is 0. The lowest BCUT2D eigenvalue weighted by atomic mass is 9.93. The third kappa shape index (κ3) is 5.67. The van der Waals surface area contributed by atoms with Crippen molar-refractivity contribution in [2.24, 2.45) is 0 Å². The van der Waals surface area contributed by atoms with E-state index in [0.717, 1.165) is 87.4 Å². The van der Waals surface area contributed by atoms with Crippen LogP contribution in [-0.2, 0) is 9.59 Å². The Bertz CT molecular complexity index is 1660. The number of nitrogens with zero attached hydrogens (tertiary/aromatic N) is 4. The predicted molar refractivity (Wildman–Crippen MR) is 165 cm³/mol. The summed E-state index contributed by atoms with van der Waals surface area (Å²) in [6.07, 6.45) is 3.49. The number of rotatable bonds is 6. The third-order valence-electron chi connectivity index (χ3n) is 9.26. The van der Waals surface area contributed by atoms with Gasteiger partial charge in [-0.15, -0.1) is 0 Å². The molecular formula is C34H36N6O4. The molecule has 6 rings (SSSR count). The zero-order chi connectivity index (χ0) is 30.8. The maximum absolute atomic E-state index is 13.4. The Morgan fingerprint density at radius 1 is 0.727 bits per heavy atom. The zero-order valence-corrected chi connectivity index (χ0v) is 25.1. The van der Waals surface area contributed by atoms with Crippen molar-refractivity contribution >= 4 is 33.7 Å². The molecule has 2 aromatic heterocycles. The highest BCUT2D eigenvalue weighted by molar-refractivity contribution is 6.31. The molecule has 0 radical (unpaired) electrons. The summed E-state index contributed by atoms with van der Waals surface area (Å²) in [7, 11) is 0. The summed E-state index contributed by atoms with van der Waals surface area (Å²) in [5, 5.41) is 20.2. The van der Waals surface area contributed by atoms with Crippen molar-refractivity contribution in [1.82, 2.24) is 19.8 Å². The molecule has 0 amide bonds. The number of aromatic nitrogens is 2. The first-order valence-corrected chi connectivity index (χ1v) is 15.4. The minimum atomic E-state index is -1.14. The Hall–Kier alpha value is -4.64. The van der Waals surface area contributed by atoms with E-state index in [1.807, 2.05) is 0 Å². The van der Waals surface area contributed by atoms with E-state index >= 15 is 0 Å². The van der Waals surface area contributed by atoms with E-state index in [1.54, 1.807) is 36.4 Å². The number of H-pyrrole nitrogens is 2. The van der Waals surface area contributed by atoms with Crippen LogP contribution in [-0.4, -0.2) is 71.0 Å². The van der Waals surface area contributed by atoms with Crippen LogP contribution in [0.3, 0.4) is 0 Å². The molecule has 2 aliphatic rings. The standard InChI is InChI=1S/C34H36N6O4/c1-3-39-13-9-23(10-14-39)29-31(25-17-21(19-35)5-7-27(25)37-29)43-33(41)34(42)44-32-26-18-22(20-36)6-8-28(26)38-30(32)24-11-15-40(4-2)16-12-24/h5-8,17-18,23-24,37-38H,3-4,9-16H2,1-2H3. The van der Waals surface area contributed by atoms with Gasteiger partial charge < -0.3 is 29.2 Å². The molecule has 10 nitrogen and oxygen atoms in total. The second-order valence-corrected chi connectivity index (χ2v) is 11.7. The van der Waals surface area contributed by atoms with Gasteiger partial charge in [0.15, 0.2) is 11.5 Å². The quantitative estimate of drug-likeness (QED) is 0.227. The van der Waals surface area contributed by atoms with E-state index in [1.165, 1.54) is 0 Å². The van der Waals surface area contributed by atoms with Gasteiger partial charge in [0.25, 0.3) is 0 Å². The number of benzene rings is 2. The van der Waals surface area contributed by atoms with Crippen LogP contribution in [0.5, 0.6) is 11.5 Å². The first-order chi connectivity index (χ1) is 21.4. The second-order valence-electron chi connectivity index (χ2n) is 11.7. The summed E-state index contributed by atoms with van der Waals surface area (Å²) in [5.74, 6) is -1.53. The van der Waals surface area contributed by atoms with E-state index in [9.17, 15) is 20.1 Å². The molecule has 0 spiro atoms. The van der Waals surface area contributed by atoms with Crippen molar-refractivity contribution in [3.8, 4) is 23.6 Å². The third-order valence-corrected chi connectivity index (χ3v) is 9.26. The Balaban J connectivity index is 1.31. The van der Waals surface area contributed by atoms with Gasteiger partial charge in [0, 0.05) is 33.6 Å². The van der Waals surface area contributed by atoms with Gasteiger partial charge in [-0.1, -0.05) is 13.8 Å². The number of carbonyl (C=O) groups is 2. The van der Waals surface area contributed by atoms with E-state index < -0.39 is 11.9 Å². The molecule has 2 aliphatic heterocycles. The first-order valence-electron chi connectivity index (χ1n) is 15.4. The number of aromatic amines is 2. The van der Waals surface area contributed by atoms with Gasteiger partial charge in [0.1, 0.15) is 0 Å². The summed E-state index contributed by atoms with van der Waals surface area (Å²) in [6, 6.07) is 14.6. The van der Waals surface area contributed by atoms with Crippen LogP contribution in [0.2, 0.25) is 0 Å². The highest BCUT2D eigenvalue weighted by Gasteiger charge is 2.32. The molecule has 2 fully saturated rings. The predicted octanol–water partition coefficient (Wildman–Crippen LogP) is 5.30. The highest BCUT2D eigenvalue weighted by Crippen LogP contribution is 2.41. The van der Waals surface area contributed by atoms with Gasteiger partial charge in [-0.05, 0) is 101 Å². The van der Waals surface area contributed by atoms with Crippen LogP contribution in [0.25, 0.3) is 21.8 Å². The number of carbonyl (C=O) groups excluding carboxylic acids is 2. The lowest BCUT2D eigenvalue weighted by molar-refractivity contribution is -0.156. The zero-order valence-electron chi connectivity index (χ0n) is 25.1. The van der Waals surface area contributed by atoms with Crippen molar-refractivity contribution in [2.45, 2.75) is 51.4 Å². The average Bonchev–Trinajstić information content (AvgIpc) is 3.61. The fraction of sp³-hybridized carbons (Fsp3) is 0.412. The van der Waals surface area contributed by atoms with Gasteiger partial charge in [-0.3, -0.25) is 0 Å². The van der Waals surface area contributed by atoms with Crippen LogP contribution < -0.4 is 9.47 Å². The normalized spacial score (nSPS) is 17.0. The number of nitriles is 2. The Labute approximate surface area is 256 Å². The van der Waals surface area contributed by atoms with E-state index in [-0.39, 0.29) is 23.3 Å². The summed E-state index contributed by atoms with van der Waals surface area (Å²) < 4.78 is 11.7. The van der Waals surface area contributed by atoms with E-state index in [2.05, 4.69) is 45.8 Å². The molecule has 226 valence electrons. The fourth-order valence-corrected chi connectivity index (χ4v) is 6.65. The Morgan fingerprint density at radius 2 is 1.11 bits per heavy atom. The number of nitrogens with one attached hydrogen (secondary N) is 2. The molecule has 4 aromatic rings. The SMILES string of the molecule is CCN1CCC(c2[nH]c3ccc(C#N)cc3c2OC(=O)C(=O)Oc2c(C3CCN(CC)CC3)[nH]c3ccc(C#N)cc23)CC1. The average molecular weight is 593 g/mol. The van der Waals surface area contributed by atoms with Crippen LogP contribution >= 0.6 is 0 Å². The molecule has 0 atom stereocenters. The Kier molecular flexibility index (Phi) is 8.38. The summed E-state index contributed by atoms with van der Waals surface area (Å²) in [4.78, 5) is 38.5. The van der Waals surface area contributed by atoms with Crippen molar-refractivity contribution in [1.29, 1.82) is 10.5 Å². The molecule has 0 aliphatic carbocycles. The molecule has 2 N–H and O–H groups in total. The van der Waals surface area contributed by atoms with Crippen LogP contribution in [0.15, 0.2) is 36.4 Å². The molecule has 0 bridgehead atoms. The molecule has 4 heterocycles. The molecule has 2 aromatic carbocycles. The minimum Gasteiger partial charge on any atom is -0.415 e. The van der Waals surface area contributed by atoms with Crippen LogP contribution in [0.4, 0.5) is 0 Å². The Morgan fingerprint density at radius 3 is 1.45 bits per heavy atom. The smallest absolute Gasteiger partial charge is 0.415 e. The van der Waals surface area contributed by atoms with Gasteiger partial charge >= 0.3 is 11.9 Å². The molecule has 0 unspecified atom stereocenters. The topological polar surface area (TPSA) is 138 Å². The van der Waals surface area contributed by atoms with Crippen LogP contribution in [0.1, 0.15) is 73.9 Å². The van der Waals surface area contributed by atoms with Crippen molar-refractivity contribution < 1.29 is 19.1 Å². The summed E-state index contributed by atoms with van der Waals surface area (Å²) in [6.45, 7) is 9.90. The minimum absolute atomic E-state index is 0.105. The van der Waals surface area contributed by atoms with Gasteiger partial charge in [0.05, 0.1) is 34.7 Å².